The zero-order valence-corrected chi connectivity index (χ0v) is 20.3. The zero-order chi connectivity index (χ0) is 25.1. The second kappa shape index (κ2) is 9.74. The van der Waals surface area contributed by atoms with Gasteiger partial charge in [-0.1, -0.05) is 6.07 Å². The summed E-state index contributed by atoms with van der Waals surface area (Å²) in [4.78, 5) is 24.2. The van der Waals surface area contributed by atoms with Gasteiger partial charge in [0.1, 0.15) is 23.1 Å². The maximum absolute atomic E-state index is 6.29. The maximum atomic E-state index is 6.29. The second-order valence-corrected chi connectivity index (χ2v) is 9.02. The zero-order valence-electron chi connectivity index (χ0n) is 20.3. The predicted molar refractivity (Wildman–Crippen MR) is 141 cm³/mol. The van der Waals surface area contributed by atoms with Gasteiger partial charge in [0.25, 0.3) is 0 Å². The van der Waals surface area contributed by atoms with Crippen LogP contribution >= 0.6 is 0 Å². The first-order valence-electron chi connectivity index (χ1n) is 11.7. The number of benzene rings is 2. The van der Waals surface area contributed by atoms with Crippen molar-refractivity contribution < 1.29 is 9.47 Å². The highest BCUT2D eigenvalue weighted by Crippen LogP contribution is 2.36. The quantitative estimate of drug-likeness (QED) is 0.362. The second-order valence-electron chi connectivity index (χ2n) is 9.02. The van der Waals surface area contributed by atoms with E-state index < -0.39 is 0 Å². The summed E-state index contributed by atoms with van der Waals surface area (Å²) in [6, 6.07) is 12.9. The molecule has 1 aliphatic rings. The lowest BCUT2D eigenvalue weighted by Crippen LogP contribution is -2.48. The normalized spacial score (nSPS) is 14.9. The molecule has 0 radical (unpaired) electrons. The third-order valence-corrected chi connectivity index (χ3v) is 6.21. The first-order valence-corrected chi connectivity index (χ1v) is 11.7. The summed E-state index contributed by atoms with van der Waals surface area (Å²) in [7, 11) is 1.60. The van der Waals surface area contributed by atoms with E-state index in [1.165, 1.54) is 6.33 Å². The number of rotatable bonds is 7. The topological polar surface area (TPSA) is 124 Å². The van der Waals surface area contributed by atoms with E-state index in [-0.39, 0.29) is 5.54 Å². The highest BCUT2D eigenvalue weighted by Gasteiger charge is 2.27. The molecule has 3 heterocycles. The van der Waals surface area contributed by atoms with Crippen molar-refractivity contribution in [3.05, 3.63) is 55.0 Å². The van der Waals surface area contributed by atoms with Crippen molar-refractivity contribution in [3.8, 4) is 17.2 Å². The Morgan fingerprint density at radius 3 is 2.69 bits per heavy atom. The van der Waals surface area contributed by atoms with Gasteiger partial charge in [-0.25, -0.2) is 19.9 Å². The Hall–Kier alpha value is -4.31. The number of fused-ring (bicyclic) bond motifs is 1. The molecule has 0 saturated carbocycles. The standard InChI is InChI=1S/C26H28N8O2/c1-26(27)9-11-34(12-10-26)25-29-15-20-23(33-25)24(31-16-30-20)32-18-7-8-21(22(14-18)35-3)36-19-6-4-5-17(13-19)28-2/h4-8,13-16H,2,9-12,27H2,1,3H3,(H,30,31,32). The Morgan fingerprint density at radius 2 is 1.92 bits per heavy atom. The SMILES string of the molecule is C=Nc1cccc(Oc2ccc(Nc3ncnc4cnc(N5CCC(C)(N)CC5)nc34)cc2OC)c1. The van der Waals surface area contributed by atoms with Gasteiger partial charge >= 0.3 is 0 Å². The number of hydrogen-bond acceptors (Lipinski definition) is 10. The van der Waals surface area contributed by atoms with Crippen molar-refractivity contribution in [3.63, 3.8) is 0 Å². The summed E-state index contributed by atoms with van der Waals surface area (Å²) in [5.74, 6) is 2.98. The average molecular weight is 485 g/mol. The molecule has 1 fully saturated rings. The molecular weight excluding hydrogens is 456 g/mol. The number of aliphatic imine (C=N–C) groups is 1. The van der Waals surface area contributed by atoms with Crippen molar-refractivity contribution in [2.45, 2.75) is 25.3 Å². The molecule has 0 spiro atoms. The number of anilines is 3. The molecule has 10 heteroatoms. The van der Waals surface area contributed by atoms with Gasteiger partial charge in [-0.15, -0.1) is 0 Å². The molecule has 10 nitrogen and oxygen atoms in total. The lowest BCUT2D eigenvalue weighted by Gasteiger charge is -2.36. The number of nitrogens with one attached hydrogen (secondary N) is 1. The summed E-state index contributed by atoms with van der Waals surface area (Å²) in [5, 5.41) is 3.34. The van der Waals surface area contributed by atoms with Crippen molar-refractivity contribution in [2.75, 3.05) is 30.4 Å². The highest BCUT2D eigenvalue weighted by molar-refractivity contribution is 5.87. The van der Waals surface area contributed by atoms with Crippen LogP contribution in [-0.2, 0) is 0 Å². The molecular formula is C26H28N8O2. The summed E-state index contributed by atoms with van der Waals surface area (Å²) in [6.07, 6.45) is 4.98. The van der Waals surface area contributed by atoms with Crippen LogP contribution in [0.4, 0.5) is 23.1 Å². The molecule has 184 valence electrons. The average Bonchev–Trinajstić information content (AvgIpc) is 2.89. The van der Waals surface area contributed by atoms with Crippen LogP contribution in [0.25, 0.3) is 11.0 Å². The van der Waals surface area contributed by atoms with E-state index in [1.807, 2.05) is 36.4 Å². The molecule has 0 aliphatic carbocycles. The third-order valence-electron chi connectivity index (χ3n) is 6.21. The lowest BCUT2D eigenvalue weighted by atomic mass is 9.91. The van der Waals surface area contributed by atoms with Gasteiger partial charge in [0.2, 0.25) is 5.95 Å². The fourth-order valence-electron chi connectivity index (χ4n) is 4.04. The summed E-state index contributed by atoms with van der Waals surface area (Å²) in [5.41, 5.74) is 8.91. The van der Waals surface area contributed by atoms with Crippen LogP contribution in [0.5, 0.6) is 17.2 Å². The molecule has 5 rings (SSSR count). The van der Waals surface area contributed by atoms with E-state index >= 15 is 0 Å². The number of aromatic nitrogens is 4. The maximum Gasteiger partial charge on any atom is 0.226 e. The van der Waals surface area contributed by atoms with Crippen LogP contribution in [0.15, 0.2) is 60.0 Å². The fraction of sp³-hybridized carbons (Fsp3) is 0.269. The lowest BCUT2D eigenvalue weighted by molar-refractivity contribution is 0.362. The Labute approximate surface area is 209 Å². The fourth-order valence-corrected chi connectivity index (χ4v) is 4.04. The van der Waals surface area contributed by atoms with Gasteiger partial charge in [-0.05, 0) is 50.7 Å². The van der Waals surface area contributed by atoms with Gasteiger partial charge in [0, 0.05) is 36.4 Å². The molecule has 0 unspecified atom stereocenters. The molecule has 0 atom stereocenters. The van der Waals surface area contributed by atoms with Crippen LogP contribution in [0.3, 0.4) is 0 Å². The summed E-state index contributed by atoms with van der Waals surface area (Å²) in [6.45, 7) is 7.25. The first-order chi connectivity index (χ1) is 17.4. The van der Waals surface area contributed by atoms with Crippen LogP contribution in [-0.4, -0.2) is 52.4 Å². The van der Waals surface area contributed by atoms with Gasteiger partial charge in [0.15, 0.2) is 17.3 Å². The van der Waals surface area contributed by atoms with E-state index in [2.05, 4.69) is 43.8 Å². The van der Waals surface area contributed by atoms with Crippen molar-refractivity contribution >= 4 is 40.9 Å². The highest BCUT2D eigenvalue weighted by atomic mass is 16.5. The summed E-state index contributed by atoms with van der Waals surface area (Å²) < 4.78 is 11.6. The Balaban J connectivity index is 1.40. The largest absolute Gasteiger partial charge is 0.493 e. The van der Waals surface area contributed by atoms with E-state index in [4.69, 9.17) is 20.2 Å². The van der Waals surface area contributed by atoms with Gasteiger partial charge < -0.3 is 25.4 Å². The Morgan fingerprint density at radius 1 is 1.08 bits per heavy atom. The van der Waals surface area contributed by atoms with Crippen LogP contribution in [0.1, 0.15) is 19.8 Å². The Kier molecular flexibility index (Phi) is 6.34. The number of ether oxygens (including phenoxy) is 2. The minimum Gasteiger partial charge on any atom is -0.493 e. The number of nitrogens with zero attached hydrogens (tertiary/aromatic N) is 6. The molecule has 3 N–H and O–H groups in total. The minimum absolute atomic E-state index is 0.149. The molecule has 1 saturated heterocycles. The van der Waals surface area contributed by atoms with Gasteiger partial charge in [-0.2, -0.15) is 0 Å². The van der Waals surface area contributed by atoms with Crippen LogP contribution in [0.2, 0.25) is 0 Å². The van der Waals surface area contributed by atoms with Crippen LogP contribution < -0.4 is 25.4 Å². The molecule has 2 aromatic heterocycles. The Bertz CT molecular complexity index is 1400. The van der Waals surface area contributed by atoms with Gasteiger partial charge in [-0.3, -0.25) is 4.99 Å². The van der Waals surface area contributed by atoms with E-state index in [9.17, 15) is 0 Å². The molecule has 1 aliphatic heterocycles. The molecule has 4 aromatic rings. The van der Waals surface area contributed by atoms with E-state index in [0.717, 1.165) is 37.3 Å². The third kappa shape index (κ3) is 5.03. The van der Waals surface area contributed by atoms with Crippen LogP contribution in [0, 0.1) is 0 Å². The molecule has 0 bridgehead atoms. The smallest absolute Gasteiger partial charge is 0.226 e. The van der Waals surface area contributed by atoms with Gasteiger partial charge in [0.05, 0.1) is 19.0 Å². The number of hydrogen-bond donors (Lipinski definition) is 2. The monoisotopic (exact) mass is 484 g/mol. The van der Waals surface area contributed by atoms with Crippen molar-refractivity contribution in [1.29, 1.82) is 0 Å². The van der Waals surface area contributed by atoms with Crippen molar-refractivity contribution in [1.82, 2.24) is 19.9 Å². The van der Waals surface area contributed by atoms with E-state index in [0.29, 0.717) is 40.0 Å². The molecule has 0 amide bonds. The number of methoxy groups -OCH3 is 1. The predicted octanol–water partition coefficient (Wildman–Crippen LogP) is 4.61. The van der Waals surface area contributed by atoms with E-state index in [1.54, 1.807) is 19.4 Å². The molecule has 36 heavy (non-hydrogen) atoms. The molecule has 2 aromatic carbocycles. The van der Waals surface area contributed by atoms with Crippen molar-refractivity contribution in [2.24, 2.45) is 10.7 Å². The first kappa shape index (κ1) is 23.4. The minimum atomic E-state index is -0.149. The number of nitrogens with two attached hydrogens (primary N) is 1. The number of piperidine rings is 1. The summed E-state index contributed by atoms with van der Waals surface area (Å²) >= 11 is 0.